The predicted molar refractivity (Wildman–Crippen MR) is 80.1 cm³/mol. The highest BCUT2D eigenvalue weighted by Gasteiger charge is 2.25. The molecular formula is C15H33N3. The summed E-state index contributed by atoms with van der Waals surface area (Å²) in [7, 11) is 2.25. The topological polar surface area (TPSA) is 18.5 Å². The maximum atomic E-state index is 3.48. The van der Waals surface area contributed by atoms with Gasteiger partial charge in [-0.2, -0.15) is 0 Å². The van der Waals surface area contributed by atoms with Gasteiger partial charge >= 0.3 is 0 Å². The number of nitrogens with one attached hydrogen (secondary N) is 1. The van der Waals surface area contributed by atoms with E-state index in [0.717, 1.165) is 0 Å². The molecule has 1 aliphatic heterocycles. The zero-order valence-electron chi connectivity index (χ0n) is 13.1. The third-order valence-electron chi connectivity index (χ3n) is 4.14. The average Bonchev–Trinajstić information content (AvgIpc) is 2.30. The fourth-order valence-electron chi connectivity index (χ4n) is 2.72. The normalized spacial score (nSPS) is 27.0. The quantitative estimate of drug-likeness (QED) is 0.704. The van der Waals surface area contributed by atoms with Crippen molar-refractivity contribution >= 4 is 0 Å². The molecule has 1 aliphatic rings. The second kappa shape index (κ2) is 8.13. The lowest BCUT2D eigenvalue weighted by Crippen LogP contribution is -2.54. The van der Waals surface area contributed by atoms with E-state index in [0.29, 0.717) is 18.1 Å². The van der Waals surface area contributed by atoms with Crippen LogP contribution in [0.15, 0.2) is 0 Å². The highest BCUT2D eigenvalue weighted by molar-refractivity contribution is 4.82. The zero-order valence-corrected chi connectivity index (χ0v) is 13.1. The van der Waals surface area contributed by atoms with E-state index in [1.54, 1.807) is 0 Å². The van der Waals surface area contributed by atoms with Crippen LogP contribution < -0.4 is 5.32 Å². The number of nitrogens with zero attached hydrogens (tertiary/aromatic N) is 2. The lowest BCUT2D eigenvalue weighted by Gasteiger charge is -2.42. The maximum absolute atomic E-state index is 3.48. The molecule has 1 N–H and O–H groups in total. The van der Waals surface area contributed by atoms with Gasteiger partial charge in [-0.05, 0) is 46.8 Å². The molecule has 3 nitrogen and oxygen atoms in total. The molecule has 1 saturated heterocycles. The summed E-state index contributed by atoms with van der Waals surface area (Å²) < 4.78 is 0. The van der Waals surface area contributed by atoms with Crippen LogP contribution in [-0.4, -0.2) is 61.2 Å². The summed E-state index contributed by atoms with van der Waals surface area (Å²) in [5.41, 5.74) is 0. The van der Waals surface area contributed by atoms with E-state index < -0.39 is 0 Å². The standard InChI is InChI=1S/C15H33N3/c1-13(2)16-9-7-6-8-10-18-11-14(3)17(5)15(4)12-18/h13-16H,6-12H2,1-5H3. The zero-order chi connectivity index (χ0) is 13.5. The molecule has 1 heterocycles. The van der Waals surface area contributed by atoms with E-state index >= 15 is 0 Å². The van der Waals surface area contributed by atoms with E-state index in [9.17, 15) is 0 Å². The monoisotopic (exact) mass is 255 g/mol. The van der Waals surface area contributed by atoms with E-state index in [2.05, 4.69) is 49.9 Å². The molecule has 18 heavy (non-hydrogen) atoms. The molecular weight excluding hydrogens is 222 g/mol. The predicted octanol–water partition coefficient (Wildman–Crippen LogP) is 2.18. The van der Waals surface area contributed by atoms with Gasteiger partial charge in [0.25, 0.3) is 0 Å². The molecule has 0 aromatic rings. The van der Waals surface area contributed by atoms with Crippen LogP contribution in [0.1, 0.15) is 47.0 Å². The third-order valence-corrected chi connectivity index (χ3v) is 4.14. The molecule has 0 bridgehead atoms. The summed E-state index contributed by atoms with van der Waals surface area (Å²) in [4.78, 5) is 5.15. The second-order valence-electron chi connectivity index (χ2n) is 6.29. The van der Waals surface area contributed by atoms with Crippen LogP contribution in [0, 0.1) is 0 Å². The van der Waals surface area contributed by atoms with Crippen LogP contribution in [-0.2, 0) is 0 Å². The molecule has 0 radical (unpaired) electrons. The molecule has 1 rings (SSSR count). The smallest absolute Gasteiger partial charge is 0.0195 e. The Bertz CT molecular complexity index is 206. The molecule has 0 saturated carbocycles. The van der Waals surface area contributed by atoms with Crippen molar-refractivity contribution in [3.63, 3.8) is 0 Å². The van der Waals surface area contributed by atoms with Crippen molar-refractivity contribution in [1.82, 2.24) is 15.1 Å². The van der Waals surface area contributed by atoms with Crippen molar-refractivity contribution < 1.29 is 0 Å². The van der Waals surface area contributed by atoms with Crippen LogP contribution in [0.3, 0.4) is 0 Å². The Hall–Kier alpha value is -0.120. The molecule has 1 fully saturated rings. The summed E-state index contributed by atoms with van der Waals surface area (Å²) in [6.07, 6.45) is 4.02. The first-order chi connectivity index (χ1) is 8.50. The summed E-state index contributed by atoms with van der Waals surface area (Å²) in [6, 6.07) is 2.04. The molecule has 0 aliphatic carbocycles. The number of unbranched alkanes of at least 4 members (excludes halogenated alkanes) is 2. The van der Waals surface area contributed by atoms with Gasteiger partial charge in [-0.1, -0.05) is 20.3 Å². The van der Waals surface area contributed by atoms with Gasteiger partial charge in [0, 0.05) is 31.2 Å². The lowest BCUT2D eigenvalue weighted by molar-refractivity contribution is 0.0591. The van der Waals surface area contributed by atoms with Crippen LogP contribution >= 0.6 is 0 Å². The minimum absolute atomic E-state index is 0.629. The summed E-state index contributed by atoms with van der Waals surface area (Å²) in [5.74, 6) is 0. The van der Waals surface area contributed by atoms with Crippen molar-refractivity contribution in [2.24, 2.45) is 0 Å². The fourth-order valence-corrected chi connectivity index (χ4v) is 2.72. The van der Waals surface area contributed by atoms with Gasteiger partial charge in [-0.3, -0.25) is 4.90 Å². The first-order valence-corrected chi connectivity index (χ1v) is 7.68. The Morgan fingerprint density at radius 2 is 1.67 bits per heavy atom. The Labute approximate surface area is 114 Å². The van der Waals surface area contributed by atoms with Gasteiger partial charge in [-0.15, -0.1) is 0 Å². The average molecular weight is 255 g/mol. The molecule has 0 aromatic heterocycles. The lowest BCUT2D eigenvalue weighted by atomic mass is 10.1. The molecule has 2 unspecified atom stereocenters. The Kier molecular flexibility index (Phi) is 7.20. The number of hydrogen-bond acceptors (Lipinski definition) is 3. The van der Waals surface area contributed by atoms with Crippen molar-refractivity contribution in [1.29, 1.82) is 0 Å². The van der Waals surface area contributed by atoms with Crippen molar-refractivity contribution in [2.45, 2.75) is 65.1 Å². The fraction of sp³-hybridized carbons (Fsp3) is 1.00. The Morgan fingerprint density at radius 1 is 1.06 bits per heavy atom. The van der Waals surface area contributed by atoms with Gasteiger partial charge in [0.2, 0.25) is 0 Å². The van der Waals surface area contributed by atoms with Crippen LogP contribution in [0.5, 0.6) is 0 Å². The van der Waals surface area contributed by atoms with E-state index in [4.69, 9.17) is 0 Å². The summed E-state index contributed by atoms with van der Waals surface area (Å²) in [5, 5.41) is 3.48. The van der Waals surface area contributed by atoms with Crippen molar-refractivity contribution in [2.75, 3.05) is 33.2 Å². The molecule has 108 valence electrons. The van der Waals surface area contributed by atoms with E-state index in [-0.39, 0.29) is 0 Å². The number of rotatable bonds is 7. The summed E-state index contributed by atoms with van der Waals surface area (Å²) >= 11 is 0. The van der Waals surface area contributed by atoms with Gasteiger partial charge in [0.05, 0.1) is 0 Å². The first-order valence-electron chi connectivity index (χ1n) is 7.68. The molecule has 0 amide bonds. The highest BCUT2D eigenvalue weighted by atomic mass is 15.3. The van der Waals surface area contributed by atoms with Crippen molar-refractivity contribution in [3.05, 3.63) is 0 Å². The minimum Gasteiger partial charge on any atom is -0.315 e. The van der Waals surface area contributed by atoms with Gasteiger partial charge in [-0.25, -0.2) is 0 Å². The number of hydrogen-bond donors (Lipinski definition) is 1. The molecule has 0 spiro atoms. The number of likely N-dealkylation sites (N-methyl/N-ethyl adjacent to an activating group) is 1. The molecule has 3 heteroatoms. The maximum Gasteiger partial charge on any atom is 0.0195 e. The van der Waals surface area contributed by atoms with Crippen LogP contribution in [0.4, 0.5) is 0 Å². The summed E-state index contributed by atoms with van der Waals surface area (Å²) in [6.45, 7) is 14.1. The molecule has 2 atom stereocenters. The Morgan fingerprint density at radius 3 is 2.22 bits per heavy atom. The SMILES string of the molecule is CC(C)NCCCCCN1CC(C)N(C)C(C)C1. The van der Waals surface area contributed by atoms with Crippen molar-refractivity contribution in [3.8, 4) is 0 Å². The minimum atomic E-state index is 0.629. The van der Waals surface area contributed by atoms with Crippen LogP contribution in [0.2, 0.25) is 0 Å². The van der Waals surface area contributed by atoms with E-state index in [1.165, 1.54) is 45.4 Å². The first kappa shape index (κ1) is 15.9. The van der Waals surface area contributed by atoms with Gasteiger partial charge in [0.1, 0.15) is 0 Å². The molecule has 0 aromatic carbocycles. The number of piperazine rings is 1. The van der Waals surface area contributed by atoms with Crippen LogP contribution in [0.25, 0.3) is 0 Å². The van der Waals surface area contributed by atoms with Gasteiger partial charge in [0.15, 0.2) is 0 Å². The largest absolute Gasteiger partial charge is 0.315 e. The van der Waals surface area contributed by atoms with E-state index in [1.807, 2.05) is 0 Å². The second-order valence-corrected chi connectivity index (χ2v) is 6.29. The third kappa shape index (κ3) is 5.68. The van der Waals surface area contributed by atoms with Gasteiger partial charge < -0.3 is 10.2 Å². The highest BCUT2D eigenvalue weighted by Crippen LogP contribution is 2.13. The Balaban J connectivity index is 2.06.